The lowest BCUT2D eigenvalue weighted by Gasteiger charge is -2.33. The molecule has 2 heterocycles. The number of rotatable bonds is 5. The number of H-pyrrole nitrogens is 1. The smallest absolute Gasteiger partial charge is 0.328 e. The lowest BCUT2D eigenvalue weighted by molar-refractivity contribution is -0.386. The van der Waals surface area contributed by atoms with Gasteiger partial charge in [-0.05, 0) is 0 Å². The van der Waals surface area contributed by atoms with Crippen LogP contribution in [0, 0.1) is 15.9 Å². The molecule has 0 aliphatic carbocycles. The Hall–Kier alpha value is -2.75. The van der Waals surface area contributed by atoms with Crippen molar-refractivity contribution < 1.29 is 18.8 Å². The van der Waals surface area contributed by atoms with Crippen LogP contribution in [0.4, 0.5) is 15.8 Å². The Kier molecular flexibility index (Phi) is 4.79. The highest BCUT2D eigenvalue weighted by atomic mass is 19.1. The number of nitro benzene ring substituents is 1. The van der Waals surface area contributed by atoms with E-state index in [-0.39, 0.29) is 18.0 Å². The van der Waals surface area contributed by atoms with Crippen molar-refractivity contribution in [3.63, 3.8) is 0 Å². The summed E-state index contributed by atoms with van der Waals surface area (Å²) in [7, 11) is 1.38. The maximum absolute atomic E-state index is 14.2. The van der Waals surface area contributed by atoms with Crippen LogP contribution in [0.2, 0.25) is 0 Å². The van der Waals surface area contributed by atoms with Gasteiger partial charge in [0.15, 0.2) is 5.82 Å². The minimum atomic E-state index is -0.937. The van der Waals surface area contributed by atoms with Gasteiger partial charge in [-0.15, -0.1) is 0 Å². The highest BCUT2D eigenvalue weighted by Crippen LogP contribution is 2.37. The van der Waals surface area contributed by atoms with E-state index in [0.717, 1.165) is 11.9 Å². The van der Waals surface area contributed by atoms with E-state index in [0.29, 0.717) is 25.4 Å². The number of morpholine rings is 1. The number of aromatic nitrogens is 3. The molecule has 0 amide bonds. The summed E-state index contributed by atoms with van der Waals surface area (Å²) in [5, 5.41) is 18.3. The summed E-state index contributed by atoms with van der Waals surface area (Å²) in [5.41, 5.74) is -0.424. The van der Waals surface area contributed by atoms with Crippen LogP contribution in [0.25, 0.3) is 0 Å². The van der Waals surface area contributed by atoms with Crippen LogP contribution in [0.5, 0.6) is 5.75 Å². The van der Waals surface area contributed by atoms with Crippen molar-refractivity contribution in [2.45, 2.75) is 19.4 Å². The minimum Gasteiger partial charge on any atom is -0.497 e. The molecule has 1 aromatic heterocycles. The summed E-state index contributed by atoms with van der Waals surface area (Å²) in [5.74, 6) is 0.488. The Morgan fingerprint density at radius 2 is 2.36 bits per heavy atom. The number of nitrogens with one attached hydrogen (secondary N) is 1. The molecule has 134 valence electrons. The van der Waals surface area contributed by atoms with Crippen LogP contribution < -0.4 is 9.64 Å². The molecule has 1 saturated heterocycles. The van der Waals surface area contributed by atoms with E-state index in [2.05, 4.69) is 15.2 Å². The second-order valence-electron chi connectivity index (χ2n) is 5.53. The van der Waals surface area contributed by atoms with Crippen LogP contribution >= 0.6 is 0 Å². The standard InChI is InChI=1S/C15H18FN5O4/c1-3-13-17-15(19-18-13)12-8-20(4-5-25-12)11-7-9(24-2)6-10(16)14(11)21(22)23/h6-7,12H,3-5,8H2,1-2H3,(H,17,18,19). The van der Waals surface area contributed by atoms with Gasteiger partial charge in [0.1, 0.15) is 23.4 Å². The second kappa shape index (κ2) is 7.01. The van der Waals surface area contributed by atoms with E-state index < -0.39 is 22.5 Å². The number of aryl methyl sites for hydroxylation is 1. The molecule has 9 nitrogen and oxygen atoms in total. The summed E-state index contributed by atoms with van der Waals surface area (Å²) < 4.78 is 24.9. The van der Waals surface area contributed by atoms with E-state index in [1.807, 2.05) is 6.92 Å². The first kappa shape index (κ1) is 17.1. The Labute approximate surface area is 142 Å². The van der Waals surface area contributed by atoms with Crippen molar-refractivity contribution in [2.24, 2.45) is 0 Å². The largest absolute Gasteiger partial charge is 0.497 e. The topological polar surface area (TPSA) is 106 Å². The minimum absolute atomic E-state index is 0.154. The van der Waals surface area contributed by atoms with Crippen molar-refractivity contribution in [2.75, 3.05) is 31.7 Å². The van der Waals surface area contributed by atoms with Crippen LogP contribution in [-0.4, -0.2) is 46.9 Å². The average molecular weight is 351 g/mol. The summed E-state index contributed by atoms with van der Waals surface area (Å²) in [4.78, 5) is 16.6. The third-order valence-electron chi connectivity index (χ3n) is 4.01. The first-order valence-corrected chi connectivity index (χ1v) is 7.83. The molecule has 3 rings (SSSR count). The van der Waals surface area contributed by atoms with E-state index in [4.69, 9.17) is 9.47 Å². The normalized spacial score (nSPS) is 17.6. The first-order valence-electron chi connectivity index (χ1n) is 7.83. The molecule has 1 aliphatic heterocycles. The molecule has 10 heteroatoms. The molecule has 1 unspecified atom stereocenters. The number of aromatic amines is 1. The quantitative estimate of drug-likeness (QED) is 0.648. The third-order valence-corrected chi connectivity index (χ3v) is 4.01. The van der Waals surface area contributed by atoms with E-state index >= 15 is 0 Å². The van der Waals surface area contributed by atoms with Gasteiger partial charge < -0.3 is 14.4 Å². The number of methoxy groups -OCH3 is 1. The van der Waals surface area contributed by atoms with Crippen molar-refractivity contribution in [1.82, 2.24) is 15.2 Å². The number of nitro groups is 1. The van der Waals surface area contributed by atoms with Gasteiger partial charge in [-0.3, -0.25) is 15.2 Å². The summed E-state index contributed by atoms with van der Waals surface area (Å²) >= 11 is 0. The summed E-state index contributed by atoms with van der Waals surface area (Å²) in [6.45, 7) is 2.92. The summed E-state index contributed by atoms with van der Waals surface area (Å²) in [6.07, 6.45) is 0.245. The van der Waals surface area contributed by atoms with Gasteiger partial charge in [0, 0.05) is 25.1 Å². The number of benzene rings is 1. The molecule has 25 heavy (non-hydrogen) atoms. The van der Waals surface area contributed by atoms with E-state index in [1.54, 1.807) is 4.90 Å². The molecular formula is C15H18FN5O4. The lowest BCUT2D eigenvalue weighted by Crippen LogP contribution is -2.39. The van der Waals surface area contributed by atoms with Gasteiger partial charge in [0.05, 0.1) is 25.2 Å². The average Bonchev–Trinajstić information content (AvgIpc) is 3.10. The molecular weight excluding hydrogens is 333 g/mol. The zero-order chi connectivity index (χ0) is 18.0. The number of anilines is 1. The van der Waals surface area contributed by atoms with Gasteiger partial charge in [0.25, 0.3) is 0 Å². The Morgan fingerprint density at radius 3 is 3.00 bits per heavy atom. The van der Waals surface area contributed by atoms with Gasteiger partial charge in [-0.1, -0.05) is 6.92 Å². The van der Waals surface area contributed by atoms with Crippen LogP contribution in [0.15, 0.2) is 12.1 Å². The zero-order valence-corrected chi connectivity index (χ0v) is 13.9. The van der Waals surface area contributed by atoms with Crippen molar-refractivity contribution >= 4 is 11.4 Å². The van der Waals surface area contributed by atoms with Gasteiger partial charge in [0.2, 0.25) is 5.82 Å². The second-order valence-corrected chi connectivity index (χ2v) is 5.53. The fraction of sp³-hybridized carbons (Fsp3) is 0.467. The Bertz CT molecular complexity index is 781. The van der Waals surface area contributed by atoms with E-state index in [9.17, 15) is 14.5 Å². The molecule has 1 N–H and O–H groups in total. The molecule has 0 bridgehead atoms. The van der Waals surface area contributed by atoms with Crippen molar-refractivity contribution in [3.05, 3.63) is 39.7 Å². The van der Waals surface area contributed by atoms with Crippen molar-refractivity contribution in [1.29, 1.82) is 0 Å². The molecule has 1 atom stereocenters. The van der Waals surface area contributed by atoms with Crippen LogP contribution in [-0.2, 0) is 11.2 Å². The van der Waals surface area contributed by atoms with Crippen molar-refractivity contribution in [3.8, 4) is 5.75 Å². The number of hydrogen-bond donors (Lipinski definition) is 1. The maximum atomic E-state index is 14.2. The fourth-order valence-electron chi connectivity index (χ4n) is 2.74. The molecule has 1 aliphatic rings. The first-order chi connectivity index (χ1) is 12.0. The van der Waals surface area contributed by atoms with E-state index in [1.165, 1.54) is 13.2 Å². The molecule has 1 aromatic carbocycles. The number of halogens is 1. The maximum Gasteiger partial charge on any atom is 0.328 e. The molecule has 0 radical (unpaired) electrons. The zero-order valence-electron chi connectivity index (χ0n) is 13.9. The number of ether oxygens (including phenoxy) is 2. The van der Waals surface area contributed by atoms with Crippen LogP contribution in [0.3, 0.4) is 0 Å². The van der Waals surface area contributed by atoms with Gasteiger partial charge in [-0.25, -0.2) is 4.98 Å². The Morgan fingerprint density at radius 1 is 1.56 bits per heavy atom. The SMILES string of the molecule is CCc1nc(C2CN(c3cc(OC)cc(F)c3[N+](=O)[O-])CCO2)n[nH]1. The number of hydrogen-bond acceptors (Lipinski definition) is 7. The fourth-order valence-corrected chi connectivity index (χ4v) is 2.74. The van der Waals surface area contributed by atoms with Gasteiger partial charge in [-0.2, -0.15) is 9.49 Å². The summed E-state index contributed by atoms with van der Waals surface area (Å²) in [6, 6.07) is 2.46. The predicted octanol–water partition coefficient (Wildman–Crippen LogP) is 2.00. The molecule has 2 aromatic rings. The predicted molar refractivity (Wildman–Crippen MR) is 86.3 cm³/mol. The molecule has 1 fully saturated rings. The third kappa shape index (κ3) is 3.38. The number of nitrogens with zero attached hydrogens (tertiary/aromatic N) is 4. The monoisotopic (exact) mass is 351 g/mol. The van der Waals surface area contributed by atoms with Gasteiger partial charge >= 0.3 is 5.69 Å². The highest BCUT2D eigenvalue weighted by Gasteiger charge is 2.31. The van der Waals surface area contributed by atoms with Crippen LogP contribution in [0.1, 0.15) is 24.7 Å². The molecule has 0 saturated carbocycles. The molecule has 0 spiro atoms. The highest BCUT2D eigenvalue weighted by molar-refractivity contribution is 5.67. The Balaban J connectivity index is 1.92. The lowest BCUT2D eigenvalue weighted by atomic mass is 10.1.